The second-order valence-corrected chi connectivity index (χ2v) is 6.64. The van der Waals surface area contributed by atoms with E-state index >= 15 is 0 Å². The maximum absolute atomic E-state index is 12.9. The third kappa shape index (κ3) is 4.25. The Morgan fingerprint density at radius 2 is 1.93 bits per heavy atom. The van der Waals surface area contributed by atoms with E-state index in [1.54, 1.807) is 39.0 Å². The zero-order chi connectivity index (χ0) is 20.3. The number of hydrogen-bond acceptors (Lipinski definition) is 5. The van der Waals surface area contributed by atoms with Gasteiger partial charge in [0, 0.05) is 17.8 Å². The number of likely N-dealkylation sites (N-methyl/N-ethyl adjacent to an activating group) is 1. The molecule has 0 radical (unpaired) electrons. The fourth-order valence-electron chi connectivity index (χ4n) is 3.06. The average Bonchev–Trinajstić information content (AvgIpc) is 2.94. The normalized spacial score (nSPS) is 12.1. The van der Waals surface area contributed by atoms with Crippen molar-refractivity contribution in [1.29, 1.82) is 0 Å². The van der Waals surface area contributed by atoms with Crippen molar-refractivity contribution in [2.75, 3.05) is 14.2 Å². The number of carbonyl (C=O) groups is 3. The van der Waals surface area contributed by atoms with Gasteiger partial charge in [0.15, 0.2) is 5.78 Å². The molecule has 7 nitrogen and oxygen atoms in total. The van der Waals surface area contributed by atoms with Crippen LogP contribution < -0.4 is 5.73 Å². The number of ether oxygens (including phenoxy) is 1. The molecule has 1 heterocycles. The third-order valence-corrected chi connectivity index (χ3v) is 4.76. The Morgan fingerprint density at radius 1 is 1.26 bits per heavy atom. The maximum atomic E-state index is 12.9. The predicted molar refractivity (Wildman–Crippen MR) is 102 cm³/mol. The zero-order valence-corrected chi connectivity index (χ0v) is 16.3. The van der Waals surface area contributed by atoms with Crippen LogP contribution in [0.5, 0.6) is 0 Å². The fourth-order valence-corrected chi connectivity index (χ4v) is 3.06. The summed E-state index contributed by atoms with van der Waals surface area (Å²) in [4.78, 5) is 41.1. The molecule has 2 aromatic rings. The van der Waals surface area contributed by atoms with Gasteiger partial charge >= 0.3 is 5.97 Å². The van der Waals surface area contributed by atoms with Crippen LogP contribution in [0.1, 0.15) is 54.9 Å². The van der Waals surface area contributed by atoms with Crippen LogP contribution in [0.2, 0.25) is 0 Å². The fraction of sp³-hybridized carbons (Fsp3) is 0.350. The summed E-state index contributed by atoms with van der Waals surface area (Å²) in [6.45, 7) is 5.73. The molecule has 0 bridgehead atoms. The van der Waals surface area contributed by atoms with Crippen molar-refractivity contribution in [2.45, 2.75) is 33.4 Å². The van der Waals surface area contributed by atoms with E-state index in [9.17, 15) is 14.4 Å². The van der Waals surface area contributed by atoms with Crippen LogP contribution in [-0.2, 0) is 11.3 Å². The van der Waals surface area contributed by atoms with Gasteiger partial charge in [0.2, 0.25) is 5.91 Å². The highest BCUT2D eigenvalue weighted by Crippen LogP contribution is 2.21. The molecule has 1 aromatic carbocycles. The van der Waals surface area contributed by atoms with Gasteiger partial charge in [-0.2, -0.15) is 0 Å². The highest BCUT2D eigenvalue weighted by Gasteiger charge is 2.27. The van der Waals surface area contributed by atoms with Crippen molar-refractivity contribution in [3.63, 3.8) is 0 Å². The highest BCUT2D eigenvalue weighted by molar-refractivity contribution is 6.03. The Morgan fingerprint density at radius 3 is 2.52 bits per heavy atom. The number of Topliss-reactive ketones (excluding diaryl/α,β-unsaturated/α-hetero) is 1. The largest absolute Gasteiger partial charge is 0.465 e. The number of aromatic amines is 1. The summed E-state index contributed by atoms with van der Waals surface area (Å²) in [6, 6.07) is 6.57. The lowest BCUT2D eigenvalue weighted by Gasteiger charge is -2.23. The number of aromatic nitrogens is 1. The number of amides is 1. The monoisotopic (exact) mass is 371 g/mol. The van der Waals surface area contributed by atoms with Crippen molar-refractivity contribution in [3.05, 3.63) is 57.9 Å². The Balaban J connectivity index is 2.21. The molecular formula is C20H25N3O4. The van der Waals surface area contributed by atoms with Crippen LogP contribution in [0.4, 0.5) is 0 Å². The van der Waals surface area contributed by atoms with Gasteiger partial charge in [-0.05, 0) is 51.1 Å². The molecule has 1 atom stereocenters. The molecule has 1 aromatic heterocycles. The highest BCUT2D eigenvalue weighted by atomic mass is 16.5. The third-order valence-electron chi connectivity index (χ3n) is 4.76. The number of nitrogens with two attached hydrogens (primary N) is 1. The molecule has 0 aliphatic rings. The molecule has 1 amide bonds. The second-order valence-electron chi connectivity index (χ2n) is 6.64. The van der Waals surface area contributed by atoms with E-state index in [2.05, 4.69) is 4.98 Å². The molecule has 0 fully saturated rings. The van der Waals surface area contributed by atoms with Gasteiger partial charge in [0.25, 0.3) is 0 Å². The first kappa shape index (κ1) is 20.4. The summed E-state index contributed by atoms with van der Waals surface area (Å²) in [5.41, 5.74) is 8.61. The number of esters is 1. The van der Waals surface area contributed by atoms with E-state index in [1.807, 2.05) is 18.0 Å². The minimum atomic E-state index is -0.489. The van der Waals surface area contributed by atoms with Crippen molar-refractivity contribution >= 4 is 17.7 Å². The van der Waals surface area contributed by atoms with Gasteiger partial charge in [-0.3, -0.25) is 14.5 Å². The number of rotatable bonds is 7. The van der Waals surface area contributed by atoms with E-state index in [4.69, 9.17) is 10.5 Å². The topological polar surface area (TPSA) is 105 Å². The van der Waals surface area contributed by atoms with E-state index in [1.165, 1.54) is 7.11 Å². The number of carbonyl (C=O) groups excluding carboxylic acids is 3. The SMILES string of the molecule is COC(=O)c1c(C)[nH]c(C(=O)[C@H](C)N(C)Cc2cccc(C(N)=O)c2)c1C. The van der Waals surface area contributed by atoms with Crippen molar-refractivity contribution in [3.8, 4) is 0 Å². The quantitative estimate of drug-likeness (QED) is 0.573. The number of nitrogens with one attached hydrogen (secondary N) is 1. The summed E-state index contributed by atoms with van der Waals surface area (Å²) < 4.78 is 4.79. The summed E-state index contributed by atoms with van der Waals surface area (Å²) in [6.07, 6.45) is 0. The number of methoxy groups -OCH3 is 1. The standard InChI is InChI=1S/C20H25N3O4/c1-11-16(20(26)27-5)12(2)22-17(11)18(24)13(3)23(4)10-14-7-6-8-15(9-14)19(21)25/h6-9,13,22H,10H2,1-5H3,(H2,21,25)/t13-/m0/s1. The summed E-state index contributed by atoms with van der Waals surface area (Å²) >= 11 is 0. The molecule has 0 spiro atoms. The lowest BCUT2D eigenvalue weighted by atomic mass is 10.0. The number of benzene rings is 1. The molecular weight excluding hydrogens is 346 g/mol. The predicted octanol–water partition coefficient (Wildman–Crippen LogP) is 2.22. The van der Waals surface area contributed by atoms with Crippen LogP contribution in [-0.4, -0.2) is 47.7 Å². The van der Waals surface area contributed by atoms with Gasteiger partial charge < -0.3 is 15.5 Å². The molecule has 0 aliphatic carbocycles. The van der Waals surface area contributed by atoms with E-state index in [0.29, 0.717) is 34.6 Å². The molecule has 0 saturated carbocycles. The van der Waals surface area contributed by atoms with Gasteiger partial charge in [-0.15, -0.1) is 0 Å². The van der Waals surface area contributed by atoms with Crippen molar-refractivity contribution in [2.24, 2.45) is 5.73 Å². The average molecular weight is 371 g/mol. The number of hydrogen-bond donors (Lipinski definition) is 2. The van der Waals surface area contributed by atoms with Gasteiger partial charge in [0.05, 0.1) is 24.4 Å². The Bertz CT molecular complexity index is 885. The van der Waals surface area contributed by atoms with Gasteiger partial charge in [0.1, 0.15) is 0 Å². The first-order valence-electron chi connectivity index (χ1n) is 8.58. The second kappa shape index (κ2) is 8.18. The van der Waals surface area contributed by atoms with E-state index in [-0.39, 0.29) is 5.78 Å². The molecule has 7 heteroatoms. The zero-order valence-electron chi connectivity index (χ0n) is 16.3. The Kier molecular flexibility index (Phi) is 6.17. The smallest absolute Gasteiger partial charge is 0.339 e. The molecule has 0 aliphatic heterocycles. The number of aryl methyl sites for hydroxylation is 1. The lowest BCUT2D eigenvalue weighted by Crippen LogP contribution is -2.36. The minimum absolute atomic E-state index is 0.126. The van der Waals surface area contributed by atoms with E-state index < -0.39 is 17.9 Å². The number of ketones is 1. The summed E-state index contributed by atoms with van der Waals surface area (Å²) in [7, 11) is 3.14. The molecule has 0 unspecified atom stereocenters. The van der Waals surface area contributed by atoms with Crippen LogP contribution in [0, 0.1) is 13.8 Å². The van der Waals surface area contributed by atoms with Crippen LogP contribution in [0.25, 0.3) is 0 Å². The lowest BCUT2D eigenvalue weighted by molar-refractivity contribution is 0.0599. The van der Waals surface area contributed by atoms with Crippen molar-refractivity contribution in [1.82, 2.24) is 9.88 Å². The molecule has 0 saturated heterocycles. The maximum Gasteiger partial charge on any atom is 0.339 e. The molecule has 144 valence electrons. The minimum Gasteiger partial charge on any atom is -0.465 e. The van der Waals surface area contributed by atoms with Crippen LogP contribution in [0.3, 0.4) is 0 Å². The first-order valence-corrected chi connectivity index (χ1v) is 8.58. The molecule has 2 rings (SSSR count). The van der Waals surface area contributed by atoms with Crippen LogP contribution >= 0.6 is 0 Å². The number of H-pyrrole nitrogens is 1. The van der Waals surface area contributed by atoms with Crippen molar-refractivity contribution < 1.29 is 19.1 Å². The Labute approximate surface area is 158 Å². The number of primary amides is 1. The van der Waals surface area contributed by atoms with E-state index in [0.717, 1.165) is 5.56 Å². The summed E-state index contributed by atoms with van der Waals surface area (Å²) in [5.74, 6) is -1.08. The van der Waals surface area contributed by atoms with Gasteiger partial charge in [-0.1, -0.05) is 12.1 Å². The van der Waals surface area contributed by atoms with Crippen LogP contribution in [0.15, 0.2) is 24.3 Å². The first-order chi connectivity index (χ1) is 12.7. The van der Waals surface area contributed by atoms with Gasteiger partial charge in [-0.25, -0.2) is 4.79 Å². The Hall–Kier alpha value is -2.93. The molecule has 3 N–H and O–H groups in total. The molecule has 27 heavy (non-hydrogen) atoms. The number of nitrogens with zero attached hydrogens (tertiary/aromatic N) is 1. The summed E-state index contributed by atoms with van der Waals surface area (Å²) in [5, 5.41) is 0.